The molecule has 0 saturated heterocycles. The molecule has 13 heavy (non-hydrogen) atoms. The van der Waals surface area contributed by atoms with E-state index in [4.69, 9.17) is 4.18 Å². The van der Waals surface area contributed by atoms with E-state index in [1.165, 1.54) is 12.0 Å². The van der Waals surface area contributed by atoms with E-state index in [1.54, 1.807) is 0 Å². The highest BCUT2D eigenvalue weighted by atomic mass is 32.2. The van der Waals surface area contributed by atoms with E-state index in [9.17, 15) is 4.39 Å². The van der Waals surface area contributed by atoms with Gasteiger partial charge >= 0.3 is 0 Å². The van der Waals surface area contributed by atoms with Crippen molar-refractivity contribution in [3.63, 3.8) is 0 Å². The molecule has 0 unspecified atom stereocenters. The van der Waals surface area contributed by atoms with Crippen LogP contribution in [-0.2, 0) is 4.18 Å². The summed E-state index contributed by atoms with van der Waals surface area (Å²) in [5.74, 6) is 0. The summed E-state index contributed by atoms with van der Waals surface area (Å²) in [4.78, 5) is 0.955. The number of hydrogen-bond acceptors (Lipinski definition) is 2. The van der Waals surface area contributed by atoms with Gasteiger partial charge in [-0.3, -0.25) is 0 Å². The van der Waals surface area contributed by atoms with Crippen molar-refractivity contribution in [1.82, 2.24) is 0 Å². The molecule has 0 fully saturated rings. The minimum Gasteiger partial charge on any atom is -0.307 e. The molecule has 3 heteroatoms. The average molecular weight is 202 g/mol. The lowest BCUT2D eigenvalue weighted by Gasteiger charge is -1.99. The van der Waals surface area contributed by atoms with Crippen LogP contribution in [0.15, 0.2) is 35.3 Å². The smallest absolute Gasteiger partial charge is 0.114 e. The Morgan fingerprint density at radius 3 is 2.69 bits per heavy atom. The van der Waals surface area contributed by atoms with Crippen LogP contribution in [-0.4, -0.2) is 13.3 Å². The summed E-state index contributed by atoms with van der Waals surface area (Å²) in [5, 5.41) is 0. The molecule has 0 aromatic rings. The van der Waals surface area contributed by atoms with E-state index in [0.29, 0.717) is 0 Å². The standard InChI is InChI=1S/C10H15FOS/c1-4-10(6-5-9(2)3)13-12-8-7-11/h4-6H,2,7-8H2,1,3H3/b6-5-,10-4+. The lowest BCUT2D eigenvalue weighted by molar-refractivity contribution is 0.313. The van der Waals surface area contributed by atoms with Gasteiger partial charge in [-0.25, -0.2) is 4.39 Å². The first-order chi connectivity index (χ1) is 6.20. The number of rotatable bonds is 6. The fourth-order valence-corrected chi connectivity index (χ4v) is 1.04. The normalized spacial score (nSPS) is 12.4. The van der Waals surface area contributed by atoms with Crippen LogP contribution in [0.1, 0.15) is 13.8 Å². The van der Waals surface area contributed by atoms with Crippen molar-refractivity contribution in [3.8, 4) is 0 Å². The number of alkyl halides is 1. The zero-order chi connectivity index (χ0) is 10.1. The van der Waals surface area contributed by atoms with Crippen molar-refractivity contribution < 1.29 is 8.57 Å². The summed E-state index contributed by atoms with van der Waals surface area (Å²) < 4.78 is 16.6. The molecule has 0 aliphatic rings. The molecule has 1 nitrogen and oxygen atoms in total. The van der Waals surface area contributed by atoms with Gasteiger partial charge in [0, 0.05) is 16.9 Å². The molecule has 0 aliphatic carbocycles. The zero-order valence-corrected chi connectivity index (χ0v) is 8.86. The Labute approximate surface area is 83.6 Å². The fourth-order valence-electron chi connectivity index (χ4n) is 0.538. The van der Waals surface area contributed by atoms with Crippen molar-refractivity contribution in [2.45, 2.75) is 13.8 Å². The highest BCUT2D eigenvalue weighted by Gasteiger charge is 1.92. The molecule has 0 aliphatic heterocycles. The third-order valence-corrected chi connectivity index (χ3v) is 1.98. The van der Waals surface area contributed by atoms with Gasteiger partial charge in [0.15, 0.2) is 0 Å². The van der Waals surface area contributed by atoms with E-state index < -0.39 is 6.67 Å². The first-order valence-corrected chi connectivity index (χ1v) is 4.80. The van der Waals surface area contributed by atoms with Crippen LogP contribution in [0.3, 0.4) is 0 Å². The molecular formula is C10H15FOS. The van der Waals surface area contributed by atoms with Gasteiger partial charge in [-0.05, 0) is 19.9 Å². The molecule has 0 rings (SSSR count). The fraction of sp³-hybridized carbons (Fsp3) is 0.400. The summed E-state index contributed by atoms with van der Waals surface area (Å²) in [6.45, 7) is 7.23. The Morgan fingerprint density at radius 2 is 2.23 bits per heavy atom. The largest absolute Gasteiger partial charge is 0.307 e. The van der Waals surface area contributed by atoms with Crippen LogP contribution >= 0.6 is 12.0 Å². The Bertz CT molecular complexity index is 209. The first kappa shape index (κ1) is 12.5. The second-order valence-corrected chi connectivity index (χ2v) is 3.34. The van der Waals surface area contributed by atoms with Crippen LogP contribution in [0.25, 0.3) is 0 Å². The maximum absolute atomic E-state index is 11.7. The Hall–Kier alpha value is -0.540. The van der Waals surface area contributed by atoms with Crippen LogP contribution in [0.5, 0.6) is 0 Å². The highest BCUT2D eigenvalue weighted by molar-refractivity contribution is 7.98. The molecule has 0 aromatic heterocycles. The van der Waals surface area contributed by atoms with E-state index in [-0.39, 0.29) is 6.61 Å². The number of hydrogen-bond donors (Lipinski definition) is 0. The maximum Gasteiger partial charge on any atom is 0.114 e. The molecule has 0 amide bonds. The molecule has 0 atom stereocenters. The van der Waals surface area contributed by atoms with Crippen LogP contribution < -0.4 is 0 Å². The van der Waals surface area contributed by atoms with Gasteiger partial charge in [-0.15, -0.1) is 0 Å². The van der Waals surface area contributed by atoms with Crippen molar-refractivity contribution in [3.05, 3.63) is 35.3 Å². The lowest BCUT2D eigenvalue weighted by Crippen LogP contribution is -1.87. The average Bonchev–Trinajstić information content (AvgIpc) is 2.10. The van der Waals surface area contributed by atoms with E-state index in [1.807, 2.05) is 32.1 Å². The molecule has 0 saturated carbocycles. The van der Waals surface area contributed by atoms with Gasteiger partial charge in [0.05, 0.1) is 6.61 Å². The molecule has 0 spiro atoms. The molecule has 0 bridgehead atoms. The van der Waals surface area contributed by atoms with Crippen LogP contribution in [0, 0.1) is 0 Å². The lowest BCUT2D eigenvalue weighted by atomic mass is 10.3. The Balaban J connectivity index is 3.84. The monoisotopic (exact) mass is 202 g/mol. The quantitative estimate of drug-likeness (QED) is 0.369. The van der Waals surface area contributed by atoms with Crippen molar-refractivity contribution in [2.75, 3.05) is 13.3 Å². The second-order valence-electron chi connectivity index (χ2n) is 2.47. The van der Waals surface area contributed by atoms with Crippen molar-refractivity contribution in [1.29, 1.82) is 0 Å². The topological polar surface area (TPSA) is 9.23 Å². The SMILES string of the molecule is C=C(C)/C=C\C(=C/C)SOCCF. The Morgan fingerprint density at radius 1 is 1.54 bits per heavy atom. The molecule has 0 N–H and O–H groups in total. The number of allylic oxidation sites excluding steroid dienone is 4. The van der Waals surface area contributed by atoms with Gasteiger partial charge in [-0.2, -0.15) is 0 Å². The van der Waals surface area contributed by atoms with Gasteiger partial charge in [0.1, 0.15) is 6.67 Å². The minimum atomic E-state index is -0.450. The summed E-state index contributed by atoms with van der Waals surface area (Å²) in [5.41, 5.74) is 0.977. The summed E-state index contributed by atoms with van der Waals surface area (Å²) >= 11 is 1.18. The Kier molecular flexibility index (Phi) is 7.74. The molecule has 0 heterocycles. The predicted octanol–water partition coefficient (Wildman–Crippen LogP) is 3.66. The second kappa shape index (κ2) is 8.08. The summed E-state index contributed by atoms with van der Waals surface area (Å²) in [6.07, 6.45) is 5.69. The van der Waals surface area contributed by atoms with Crippen LogP contribution in [0.4, 0.5) is 4.39 Å². The molecule has 74 valence electrons. The minimum absolute atomic E-state index is 0.128. The van der Waals surface area contributed by atoms with Crippen LogP contribution in [0.2, 0.25) is 0 Å². The maximum atomic E-state index is 11.7. The summed E-state index contributed by atoms with van der Waals surface area (Å²) in [7, 11) is 0. The van der Waals surface area contributed by atoms with E-state index in [0.717, 1.165) is 10.5 Å². The molecule has 0 aromatic carbocycles. The van der Waals surface area contributed by atoms with Gasteiger partial charge in [0.25, 0.3) is 0 Å². The van der Waals surface area contributed by atoms with Crippen molar-refractivity contribution in [2.24, 2.45) is 0 Å². The van der Waals surface area contributed by atoms with Gasteiger partial charge < -0.3 is 4.18 Å². The summed E-state index contributed by atoms with van der Waals surface area (Å²) in [6, 6.07) is 0. The highest BCUT2D eigenvalue weighted by Crippen LogP contribution is 2.18. The predicted molar refractivity (Wildman–Crippen MR) is 57.2 cm³/mol. The van der Waals surface area contributed by atoms with Gasteiger partial charge in [0.2, 0.25) is 0 Å². The number of halogens is 1. The third-order valence-electron chi connectivity index (χ3n) is 1.13. The van der Waals surface area contributed by atoms with E-state index in [2.05, 4.69) is 6.58 Å². The molecule has 0 radical (unpaired) electrons. The van der Waals surface area contributed by atoms with E-state index >= 15 is 0 Å². The zero-order valence-electron chi connectivity index (χ0n) is 8.05. The van der Waals surface area contributed by atoms with Crippen molar-refractivity contribution >= 4 is 12.0 Å². The third kappa shape index (κ3) is 7.81. The van der Waals surface area contributed by atoms with Gasteiger partial charge in [-0.1, -0.05) is 24.3 Å². The molecular weight excluding hydrogens is 187 g/mol. The first-order valence-electron chi connectivity index (χ1n) is 4.06.